The van der Waals surface area contributed by atoms with Crippen molar-refractivity contribution in [3.8, 4) is 17.4 Å². The molecule has 0 unspecified atom stereocenters. The molecule has 2 aliphatic rings. The van der Waals surface area contributed by atoms with Crippen molar-refractivity contribution in [2.45, 2.75) is 50.8 Å². The van der Waals surface area contributed by atoms with Crippen molar-refractivity contribution in [3.05, 3.63) is 60.2 Å². The maximum absolute atomic E-state index is 10.1. The standard InChI is InChI=1S/C25H25N2O2S.Pt/c1-25(2)13-5-9-19-21(15-25)30-24(26-19)17-7-3-8-18(14-17)29-22-12-11-16-6-4-10-20(28)23(16)27-22;/h3-4,6-8,10-12,19,21,28H,5,9,13,15H2,1-2H3;/q-1;/t19-,21+;/m0./s1. The summed E-state index contributed by atoms with van der Waals surface area (Å²) < 4.78 is 5.97. The summed E-state index contributed by atoms with van der Waals surface area (Å²) in [6.45, 7) is 4.76. The van der Waals surface area contributed by atoms with Crippen LogP contribution in [0.5, 0.6) is 17.4 Å². The summed E-state index contributed by atoms with van der Waals surface area (Å²) >= 11 is 1.90. The van der Waals surface area contributed by atoms with Crippen LogP contribution >= 0.6 is 11.8 Å². The van der Waals surface area contributed by atoms with Gasteiger partial charge >= 0.3 is 0 Å². The molecule has 1 N–H and O–H groups in total. The van der Waals surface area contributed by atoms with Gasteiger partial charge in [0.1, 0.15) is 11.3 Å². The molecule has 2 atom stereocenters. The average Bonchev–Trinajstić information content (AvgIpc) is 3.04. The molecule has 1 aliphatic carbocycles. The van der Waals surface area contributed by atoms with Gasteiger partial charge in [-0.25, -0.2) is 4.98 Å². The molecule has 2 heterocycles. The van der Waals surface area contributed by atoms with Gasteiger partial charge in [0.15, 0.2) is 0 Å². The van der Waals surface area contributed by atoms with E-state index in [0.29, 0.717) is 33.9 Å². The Morgan fingerprint density at radius 3 is 2.84 bits per heavy atom. The third-order valence-electron chi connectivity index (χ3n) is 5.97. The largest absolute Gasteiger partial charge is 0.506 e. The van der Waals surface area contributed by atoms with Gasteiger partial charge in [-0.15, -0.1) is 23.8 Å². The SMILES string of the molecule is CC1(C)CCC[C@@H]2N=C(c3[c-]c(Oc4ccc5cccc(O)c5n4)ccc3)S[C@@H]2C1.[Pt]. The molecular formula is C25H25N2O2PtS-. The topological polar surface area (TPSA) is 54.7 Å². The summed E-state index contributed by atoms with van der Waals surface area (Å²) in [5.41, 5.74) is 1.90. The van der Waals surface area contributed by atoms with E-state index in [1.165, 1.54) is 25.7 Å². The number of nitrogens with zero attached hydrogens (tertiary/aromatic N) is 2. The normalized spacial score (nSPS) is 22.2. The smallest absolute Gasteiger partial charge is 0.217 e. The van der Waals surface area contributed by atoms with Crippen LogP contribution in [-0.2, 0) is 21.1 Å². The minimum atomic E-state index is 0. The van der Waals surface area contributed by atoms with Gasteiger partial charge in [0.05, 0.1) is 6.04 Å². The number of rotatable bonds is 3. The molecular weight excluding hydrogens is 587 g/mol. The second-order valence-electron chi connectivity index (χ2n) is 8.95. The zero-order chi connectivity index (χ0) is 20.7. The number of thioether (sulfide) groups is 1. The zero-order valence-corrected chi connectivity index (χ0v) is 20.7. The summed E-state index contributed by atoms with van der Waals surface area (Å²) in [5, 5.41) is 12.6. The molecule has 0 radical (unpaired) electrons. The Hall–Kier alpha value is -1.84. The summed E-state index contributed by atoms with van der Waals surface area (Å²) in [7, 11) is 0. The molecule has 31 heavy (non-hydrogen) atoms. The molecule has 4 nitrogen and oxygen atoms in total. The first-order valence-electron chi connectivity index (χ1n) is 10.5. The second-order valence-corrected chi connectivity index (χ2v) is 10.2. The Labute approximate surface area is 201 Å². The molecule has 1 fully saturated rings. The van der Waals surface area contributed by atoms with E-state index in [2.05, 4.69) is 31.0 Å². The van der Waals surface area contributed by atoms with Crippen molar-refractivity contribution in [1.29, 1.82) is 0 Å². The van der Waals surface area contributed by atoms with E-state index in [0.717, 1.165) is 16.0 Å². The van der Waals surface area contributed by atoms with Gasteiger partial charge in [0, 0.05) is 48.6 Å². The van der Waals surface area contributed by atoms with Crippen LogP contribution in [0.25, 0.3) is 10.9 Å². The number of fused-ring (bicyclic) bond motifs is 2. The number of ether oxygens (including phenoxy) is 1. The molecule has 1 saturated carbocycles. The maximum Gasteiger partial charge on any atom is 0.217 e. The fraction of sp³-hybridized carbons (Fsp3) is 0.360. The van der Waals surface area contributed by atoms with E-state index in [4.69, 9.17) is 9.73 Å². The van der Waals surface area contributed by atoms with Gasteiger partial charge in [-0.05, 0) is 36.8 Å². The van der Waals surface area contributed by atoms with Crippen LogP contribution < -0.4 is 4.74 Å². The number of benzene rings is 2. The van der Waals surface area contributed by atoms with E-state index < -0.39 is 0 Å². The summed E-state index contributed by atoms with van der Waals surface area (Å²) in [6.07, 6.45) is 4.91. The second kappa shape index (κ2) is 8.96. The summed E-state index contributed by atoms with van der Waals surface area (Å²) in [4.78, 5) is 9.51. The summed E-state index contributed by atoms with van der Waals surface area (Å²) in [5.74, 6) is 1.18. The molecule has 164 valence electrons. The first-order chi connectivity index (χ1) is 14.5. The van der Waals surface area contributed by atoms with E-state index in [1.807, 2.05) is 42.1 Å². The van der Waals surface area contributed by atoms with E-state index in [1.54, 1.807) is 12.1 Å². The van der Waals surface area contributed by atoms with Crippen molar-refractivity contribution in [2.75, 3.05) is 0 Å². The number of phenols is 1. The third kappa shape index (κ3) is 4.83. The number of pyridine rings is 1. The van der Waals surface area contributed by atoms with Crippen molar-refractivity contribution in [1.82, 2.24) is 4.98 Å². The third-order valence-corrected chi connectivity index (χ3v) is 7.30. The molecule has 0 amide bonds. The van der Waals surface area contributed by atoms with Crippen molar-refractivity contribution >= 4 is 27.7 Å². The van der Waals surface area contributed by atoms with Gasteiger partial charge in [-0.1, -0.05) is 38.5 Å². The minimum absolute atomic E-state index is 0. The average molecular weight is 613 g/mol. The Kier molecular flexibility index (Phi) is 6.46. The molecule has 2 aromatic carbocycles. The van der Waals surface area contributed by atoms with Gasteiger partial charge in [0.2, 0.25) is 5.88 Å². The van der Waals surface area contributed by atoms with E-state index in [9.17, 15) is 5.11 Å². The van der Waals surface area contributed by atoms with Gasteiger partial charge in [-0.3, -0.25) is 0 Å². The van der Waals surface area contributed by atoms with Gasteiger partial charge in [0.25, 0.3) is 0 Å². The van der Waals surface area contributed by atoms with Crippen molar-refractivity contribution < 1.29 is 30.9 Å². The van der Waals surface area contributed by atoms with Crippen LogP contribution in [0.4, 0.5) is 0 Å². The zero-order valence-electron chi connectivity index (χ0n) is 17.6. The Balaban J connectivity index is 0.00000231. The number of hydrogen-bond acceptors (Lipinski definition) is 5. The van der Waals surface area contributed by atoms with Crippen LogP contribution in [0, 0.1) is 11.5 Å². The van der Waals surface area contributed by atoms with Crippen LogP contribution in [0.1, 0.15) is 45.1 Å². The van der Waals surface area contributed by atoms with Crippen LogP contribution in [0.2, 0.25) is 0 Å². The Morgan fingerprint density at radius 1 is 1.13 bits per heavy atom. The predicted molar refractivity (Wildman–Crippen MR) is 123 cm³/mol. The van der Waals surface area contributed by atoms with Crippen molar-refractivity contribution in [3.63, 3.8) is 0 Å². The Morgan fingerprint density at radius 2 is 1.97 bits per heavy atom. The van der Waals surface area contributed by atoms with Gasteiger partial charge in [-0.2, -0.15) is 11.8 Å². The fourth-order valence-electron chi connectivity index (χ4n) is 4.40. The molecule has 0 spiro atoms. The molecule has 1 aromatic heterocycles. The number of aromatic nitrogens is 1. The number of phenolic OH excluding ortho intramolecular Hbond substituents is 1. The molecule has 0 saturated heterocycles. The molecule has 6 heteroatoms. The number of aromatic hydroxyl groups is 1. The predicted octanol–water partition coefficient (Wildman–Crippen LogP) is 6.36. The number of hydrogen-bond donors (Lipinski definition) is 1. The van der Waals surface area contributed by atoms with E-state index >= 15 is 0 Å². The first kappa shape index (κ1) is 22.4. The Bertz CT molecular complexity index is 1130. The quantitative estimate of drug-likeness (QED) is 0.350. The number of para-hydroxylation sites is 1. The summed E-state index contributed by atoms with van der Waals surface area (Å²) in [6, 6.07) is 18.7. The first-order valence-corrected chi connectivity index (χ1v) is 11.4. The van der Waals surface area contributed by atoms with Crippen LogP contribution in [-0.4, -0.2) is 26.4 Å². The van der Waals surface area contributed by atoms with Gasteiger partial charge < -0.3 is 14.8 Å². The fourth-order valence-corrected chi connectivity index (χ4v) is 6.02. The van der Waals surface area contributed by atoms with E-state index in [-0.39, 0.29) is 26.8 Å². The monoisotopic (exact) mass is 612 g/mol. The molecule has 1 aliphatic heterocycles. The minimum Gasteiger partial charge on any atom is -0.506 e. The molecule has 0 bridgehead atoms. The van der Waals surface area contributed by atoms with Crippen LogP contribution in [0.15, 0.2) is 53.5 Å². The van der Waals surface area contributed by atoms with Crippen LogP contribution in [0.3, 0.4) is 0 Å². The number of aliphatic imine (C=N–C) groups is 1. The molecule has 3 aromatic rings. The van der Waals surface area contributed by atoms with Crippen molar-refractivity contribution in [2.24, 2.45) is 10.4 Å². The molecule has 5 rings (SSSR count). The maximum atomic E-state index is 10.1.